The van der Waals surface area contributed by atoms with Gasteiger partial charge in [0.15, 0.2) is 0 Å². The Morgan fingerprint density at radius 2 is 2.00 bits per heavy atom. The highest BCUT2D eigenvalue weighted by Crippen LogP contribution is 2.39. The molecule has 3 rings (SSSR count). The van der Waals surface area contributed by atoms with Crippen LogP contribution in [0.4, 0.5) is 11.5 Å². The molecule has 2 aliphatic rings. The van der Waals surface area contributed by atoms with Crippen molar-refractivity contribution < 1.29 is 0 Å². The Morgan fingerprint density at radius 3 is 2.76 bits per heavy atom. The van der Waals surface area contributed by atoms with E-state index in [9.17, 15) is 0 Å². The summed E-state index contributed by atoms with van der Waals surface area (Å²) in [6.07, 6.45) is 6.98. The van der Waals surface area contributed by atoms with Gasteiger partial charge < -0.3 is 15.5 Å². The normalized spacial score (nSPS) is 20.8. The largest absolute Gasteiger partial charge is 0.398 e. The van der Waals surface area contributed by atoms with Gasteiger partial charge in [0, 0.05) is 29.5 Å². The summed E-state index contributed by atoms with van der Waals surface area (Å²) < 4.78 is 0. The molecular weight excluding hydrogens is 260 g/mol. The second-order valence-corrected chi connectivity index (χ2v) is 6.86. The first kappa shape index (κ1) is 14.6. The van der Waals surface area contributed by atoms with Gasteiger partial charge in [-0.2, -0.15) is 0 Å². The van der Waals surface area contributed by atoms with Crippen LogP contribution in [-0.2, 0) is 19.3 Å². The maximum Gasteiger partial charge on any atom is 0.134 e. The van der Waals surface area contributed by atoms with E-state index < -0.39 is 0 Å². The van der Waals surface area contributed by atoms with E-state index in [4.69, 9.17) is 10.7 Å². The monoisotopic (exact) mass is 288 g/mol. The van der Waals surface area contributed by atoms with Crippen molar-refractivity contribution in [3.05, 3.63) is 16.8 Å². The molecule has 21 heavy (non-hydrogen) atoms. The average molecular weight is 288 g/mol. The van der Waals surface area contributed by atoms with Gasteiger partial charge in [0.1, 0.15) is 5.82 Å². The van der Waals surface area contributed by atoms with Gasteiger partial charge in [-0.05, 0) is 71.7 Å². The molecular formula is C17H28N4. The van der Waals surface area contributed by atoms with Crippen molar-refractivity contribution in [3.8, 4) is 0 Å². The molecule has 2 heterocycles. The predicted octanol–water partition coefficient (Wildman–Crippen LogP) is 2.25. The molecule has 0 aromatic carbocycles. The second kappa shape index (κ2) is 5.84. The third-order valence-corrected chi connectivity index (χ3v) is 4.91. The Labute approximate surface area is 128 Å². The lowest BCUT2D eigenvalue weighted by atomic mass is 9.92. The summed E-state index contributed by atoms with van der Waals surface area (Å²) >= 11 is 0. The SMILES string of the molecule is CC1Cc2c(nc3c(c2N)CCCC3)N1CCCN(C)C. The maximum absolute atomic E-state index is 6.48. The summed E-state index contributed by atoms with van der Waals surface area (Å²) in [5, 5.41) is 0. The molecule has 0 amide bonds. The minimum atomic E-state index is 0.529. The van der Waals surface area contributed by atoms with Gasteiger partial charge in [-0.1, -0.05) is 0 Å². The number of anilines is 2. The van der Waals surface area contributed by atoms with Gasteiger partial charge in [0.25, 0.3) is 0 Å². The van der Waals surface area contributed by atoms with E-state index in [1.165, 1.54) is 41.9 Å². The number of pyridine rings is 1. The summed E-state index contributed by atoms with van der Waals surface area (Å²) in [4.78, 5) is 9.74. The number of rotatable bonds is 4. The van der Waals surface area contributed by atoms with Crippen molar-refractivity contribution in [2.24, 2.45) is 0 Å². The first-order chi connectivity index (χ1) is 10.1. The highest BCUT2D eigenvalue weighted by molar-refractivity contribution is 5.69. The van der Waals surface area contributed by atoms with Crippen molar-refractivity contribution in [2.75, 3.05) is 37.8 Å². The van der Waals surface area contributed by atoms with E-state index in [0.29, 0.717) is 6.04 Å². The zero-order chi connectivity index (χ0) is 15.0. The van der Waals surface area contributed by atoms with Crippen molar-refractivity contribution in [1.29, 1.82) is 0 Å². The van der Waals surface area contributed by atoms with Crippen LogP contribution in [0.5, 0.6) is 0 Å². The first-order valence-electron chi connectivity index (χ1n) is 8.29. The number of hydrogen-bond acceptors (Lipinski definition) is 4. The molecule has 1 aromatic heterocycles. The second-order valence-electron chi connectivity index (χ2n) is 6.86. The van der Waals surface area contributed by atoms with Crippen molar-refractivity contribution in [2.45, 2.75) is 51.5 Å². The van der Waals surface area contributed by atoms with Crippen LogP contribution in [0.2, 0.25) is 0 Å². The van der Waals surface area contributed by atoms with E-state index >= 15 is 0 Å². The van der Waals surface area contributed by atoms with Gasteiger partial charge in [0.2, 0.25) is 0 Å². The Kier molecular flexibility index (Phi) is 4.07. The van der Waals surface area contributed by atoms with E-state index in [-0.39, 0.29) is 0 Å². The molecule has 1 unspecified atom stereocenters. The lowest BCUT2D eigenvalue weighted by molar-refractivity contribution is 0.398. The molecule has 4 heteroatoms. The fraction of sp³-hybridized carbons (Fsp3) is 0.706. The van der Waals surface area contributed by atoms with Gasteiger partial charge in [0.05, 0.1) is 0 Å². The van der Waals surface area contributed by atoms with Crippen LogP contribution in [0, 0.1) is 0 Å². The van der Waals surface area contributed by atoms with Gasteiger partial charge in [-0.15, -0.1) is 0 Å². The third-order valence-electron chi connectivity index (χ3n) is 4.91. The van der Waals surface area contributed by atoms with Gasteiger partial charge >= 0.3 is 0 Å². The standard InChI is InChI=1S/C17H28N4/c1-12-11-14-16(18)13-7-4-5-8-15(13)19-17(14)21(12)10-6-9-20(2)3/h12H,4-11H2,1-3H3,(H2,18,19). The fourth-order valence-corrected chi connectivity index (χ4v) is 3.74. The van der Waals surface area contributed by atoms with Crippen molar-refractivity contribution in [3.63, 3.8) is 0 Å². The highest BCUT2D eigenvalue weighted by Gasteiger charge is 2.31. The minimum absolute atomic E-state index is 0.529. The molecule has 0 fully saturated rings. The van der Waals surface area contributed by atoms with Crippen LogP contribution >= 0.6 is 0 Å². The molecule has 0 saturated heterocycles. The average Bonchev–Trinajstić information content (AvgIpc) is 2.76. The Bertz CT molecular complexity index is 524. The molecule has 4 nitrogen and oxygen atoms in total. The van der Waals surface area contributed by atoms with Crippen LogP contribution in [0.15, 0.2) is 0 Å². The molecule has 0 bridgehead atoms. The minimum Gasteiger partial charge on any atom is -0.398 e. The quantitative estimate of drug-likeness (QED) is 0.923. The van der Waals surface area contributed by atoms with Crippen LogP contribution in [0.1, 0.15) is 43.0 Å². The summed E-state index contributed by atoms with van der Waals surface area (Å²) in [7, 11) is 4.27. The summed E-state index contributed by atoms with van der Waals surface area (Å²) in [5.41, 5.74) is 11.5. The maximum atomic E-state index is 6.48. The van der Waals surface area contributed by atoms with E-state index in [1.807, 2.05) is 0 Å². The van der Waals surface area contributed by atoms with Crippen LogP contribution < -0.4 is 10.6 Å². The Hall–Kier alpha value is -1.29. The summed E-state index contributed by atoms with van der Waals surface area (Å²) in [5.74, 6) is 1.18. The van der Waals surface area contributed by atoms with Crippen molar-refractivity contribution >= 4 is 11.5 Å². The van der Waals surface area contributed by atoms with Crippen molar-refractivity contribution in [1.82, 2.24) is 9.88 Å². The lowest BCUT2D eigenvalue weighted by Crippen LogP contribution is -2.32. The Morgan fingerprint density at radius 1 is 1.24 bits per heavy atom. The number of nitrogen functional groups attached to an aromatic ring is 1. The first-order valence-corrected chi connectivity index (χ1v) is 8.29. The molecule has 0 radical (unpaired) electrons. The van der Waals surface area contributed by atoms with Crippen LogP contribution in [0.3, 0.4) is 0 Å². The van der Waals surface area contributed by atoms with Gasteiger partial charge in [-0.3, -0.25) is 0 Å². The smallest absolute Gasteiger partial charge is 0.134 e. The number of aromatic nitrogens is 1. The predicted molar refractivity (Wildman–Crippen MR) is 89.0 cm³/mol. The zero-order valence-corrected chi connectivity index (χ0v) is 13.7. The molecule has 2 N–H and O–H groups in total. The third kappa shape index (κ3) is 2.73. The number of nitrogens with zero attached hydrogens (tertiary/aromatic N) is 3. The molecule has 1 aliphatic carbocycles. The molecule has 1 aromatic rings. The lowest BCUT2D eigenvalue weighted by Gasteiger charge is -2.26. The topological polar surface area (TPSA) is 45.4 Å². The van der Waals surface area contributed by atoms with E-state index in [1.54, 1.807) is 0 Å². The molecule has 1 aliphatic heterocycles. The zero-order valence-electron chi connectivity index (χ0n) is 13.7. The van der Waals surface area contributed by atoms with Crippen LogP contribution in [-0.4, -0.2) is 43.1 Å². The van der Waals surface area contributed by atoms with Gasteiger partial charge in [-0.25, -0.2) is 4.98 Å². The molecule has 116 valence electrons. The Balaban J connectivity index is 1.86. The summed E-state index contributed by atoms with van der Waals surface area (Å²) in [6.45, 7) is 4.51. The summed E-state index contributed by atoms with van der Waals surface area (Å²) in [6, 6.07) is 0.529. The molecule has 0 spiro atoms. The van der Waals surface area contributed by atoms with E-state index in [2.05, 4.69) is 30.8 Å². The van der Waals surface area contributed by atoms with Crippen LogP contribution in [0.25, 0.3) is 0 Å². The number of fused-ring (bicyclic) bond motifs is 2. The fourth-order valence-electron chi connectivity index (χ4n) is 3.74. The number of nitrogens with two attached hydrogens (primary N) is 1. The number of aryl methyl sites for hydroxylation is 1. The van der Waals surface area contributed by atoms with E-state index in [0.717, 1.165) is 38.0 Å². The highest BCUT2D eigenvalue weighted by atomic mass is 15.2. The molecule has 0 saturated carbocycles. The molecule has 1 atom stereocenters. The number of hydrogen-bond donors (Lipinski definition) is 1.